The zero-order valence-electron chi connectivity index (χ0n) is 10.5. The molecule has 0 bridgehead atoms. The molecular weight excluding hydrogens is 264 g/mol. The number of phenols is 4. The van der Waals surface area contributed by atoms with Crippen LogP contribution in [0.1, 0.15) is 0 Å². The Balaban J connectivity index is 1.84. The summed E-state index contributed by atoms with van der Waals surface area (Å²) in [7, 11) is 0. The van der Waals surface area contributed by atoms with Crippen LogP contribution in [0.15, 0.2) is 36.4 Å². The fraction of sp³-hybridized carbons (Fsp3) is 0.143. The molecule has 0 aliphatic heterocycles. The van der Waals surface area contributed by atoms with E-state index in [2.05, 4.69) is 0 Å². The highest BCUT2D eigenvalue weighted by atomic mass is 16.5. The lowest BCUT2D eigenvalue weighted by atomic mass is 10.3. The molecule has 0 saturated heterocycles. The predicted molar refractivity (Wildman–Crippen MR) is 70.5 cm³/mol. The Morgan fingerprint density at radius 3 is 1.15 bits per heavy atom. The summed E-state index contributed by atoms with van der Waals surface area (Å²) < 4.78 is 10.6. The van der Waals surface area contributed by atoms with Crippen molar-refractivity contribution in [2.75, 3.05) is 13.2 Å². The van der Waals surface area contributed by atoms with Gasteiger partial charge in [0.05, 0.1) is 0 Å². The van der Waals surface area contributed by atoms with E-state index in [1.165, 1.54) is 36.4 Å². The lowest BCUT2D eigenvalue weighted by molar-refractivity contribution is 0.215. The molecule has 2 aromatic carbocycles. The molecule has 0 heterocycles. The van der Waals surface area contributed by atoms with Gasteiger partial charge in [-0.25, -0.2) is 0 Å². The van der Waals surface area contributed by atoms with Gasteiger partial charge in [-0.3, -0.25) is 0 Å². The van der Waals surface area contributed by atoms with Crippen molar-refractivity contribution in [1.29, 1.82) is 0 Å². The number of phenolic OH excluding ortho intramolecular Hbond substituents is 4. The summed E-state index contributed by atoms with van der Waals surface area (Å²) in [6.07, 6.45) is 0. The second-order valence-electron chi connectivity index (χ2n) is 4.07. The van der Waals surface area contributed by atoms with Crippen LogP contribution in [0.5, 0.6) is 34.5 Å². The minimum Gasteiger partial charge on any atom is -0.508 e. The summed E-state index contributed by atoms with van der Waals surface area (Å²) in [5.41, 5.74) is 0. The topological polar surface area (TPSA) is 99.4 Å². The number of benzene rings is 2. The maximum Gasteiger partial charge on any atom is 0.126 e. The normalized spacial score (nSPS) is 10.2. The third-order valence-corrected chi connectivity index (χ3v) is 2.37. The summed E-state index contributed by atoms with van der Waals surface area (Å²) in [5.74, 6) is 0.227. The van der Waals surface area contributed by atoms with Crippen molar-refractivity contribution < 1.29 is 29.9 Å². The summed E-state index contributed by atoms with van der Waals surface area (Å²) >= 11 is 0. The van der Waals surface area contributed by atoms with E-state index >= 15 is 0 Å². The Hall–Kier alpha value is -2.76. The van der Waals surface area contributed by atoms with E-state index in [0.29, 0.717) is 11.5 Å². The third kappa shape index (κ3) is 3.88. The van der Waals surface area contributed by atoms with Gasteiger partial charge in [-0.2, -0.15) is 0 Å². The summed E-state index contributed by atoms with van der Waals surface area (Å²) in [4.78, 5) is 0. The number of aromatic hydroxyl groups is 4. The molecule has 4 N–H and O–H groups in total. The maximum absolute atomic E-state index is 9.26. The lowest BCUT2D eigenvalue weighted by Gasteiger charge is -2.09. The molecule has 0 atom stereocenters. The van der Waals surface area contributed by atoms with Crippen LogP contribution in [0, 0.1) is 0 Å². The lowest BCUT2D eigenvalue weighted by Crippen LogP contribution is -2.08. The molecule has 0 aromatic heterocycles. The predicted octanol–water partition coefficient (Wildman–Crippen LogP) is 1.97. The van der Waals surface area contributed by atoms with E-state index < -0.39 is 0 Å². The van der Waals surface area contributed by atoms with Gasteiger partial charge in [0, 0.05) is 36.4 Å². The monoisotopic (exact) mass is 278 g/mol. The Bertz CT molecular complexity index is 502. The molecule has 0 amide bonds. The van der Waals surface area contributed by atoms with Gasteiger partial charge in [-0.1, -0.05) is 0 Å². The highest BCUT2D eigenvalue weighted by Crippen LogP contribution is 2.27. The molecule has 0 unspecified atom stereocenters. The average Bonchev–Trinajstić information content (AvgIpc) is 2.32. The molecule has 106 valence electrons. The van der Waals surface area contributed by atoms with Crippen LogP contribution >= 0.6 is 0 Å². The Morgan fingerprint density at radius 2 is 0.850 bits per heavy atom. The first kappa shape index (κ1) is 13.7. The smallest absolute Gasteiger partial charge is 0.126 e. The summed E-state index contributed by atoms with van der Waals surface area (Å²) in [6.45, 7) is 0.332. The summed E-state index contributed by atoms with van der Waals surface area (Å²) in [6, 6.07) is 7.83. The molecule has 0 fully saturated rings. The second-order valence-corrected chi connectivity index (χ2v) is 4.07. The minimum atomic E-state index is -0.0983. The Kier molecular flexibility index (Phi) is 4.05. The van der Waals surface area contributed by atoms with E-state index in [4.69, 9.17) is 9.47 Å². The number of hydrogen-bond donors (Lipinski definition) is 4. The van der Waals surface area contributed by atoms with Crippen molar-refractivity contribution in [2.45, 2.75) is 0 Å². The maximum atomic E-state index is 9.26. The number of ether oxygens (including phenoxy) is 2. The molecule has 0 saturated carbocycles. The van der Waals surface area contributed by atoms with Gasteiger partial charge in [0.1, 0.15) is 47.7 Å². The zero-order valence-corrected chi connectivity index (χ0v) is 10.5. The van der Waals surface area contributed by atoms with Crippen LogP contribution in [0.3, 0.4) is 0 Å². The quantitative estimate of drug-likeness (QED) is 0.624. The van der Waals surface area contributed by atoms with Crippen molar-refractivity contribution in [2.24, 2.45) is 0 Å². The van der Waals surface area contributed by atoms with Gasteiger partial charge < -0.3 is 29.9 Å². The first-order chi connectivity index (χ1) is 9.52. The van der Waals surface area contributed by atoms with Crippen LogP contribution < -0.4 is 9.47 Å². The fourth-order valence-corrected chi connectivity index (χ4v) is 1.62. The molecule has 0 radical (unpaired) electrons. The van der Waals surface area contributed by atoms with E-state index in [1.54, 1.807) is 0 Å². The minimum absolute atomic E-state index is 0.0983. The van der Waals surface area contributed by atoms with Crippen molar-refractivity contribution >= 4 is 0 Å². The van der Waals surface area contributed by atoms with Crippen LogP contribution in [0.2, 0.25) is 0 Å². The van der Waals surface area contributed by atoms with Crippen LogP contribution in [-0.2, 0) is 0 Å². The molecule has 0 aliphatic carbocycles. The van der Waals surface area contributed by atoms with Gasteiger partial charge in [0.25, 0.3) is 0 Å². The molecule has 0 aliphatic rings. The number of rotatable bonds is 5. The number of hydrogen-bond acceptors (Lipinski definition) is 6. The van der Waals surface area contributed by atoms with E-state index in [-0.39, 0.29) is 36.2 Å². The van der Waals surface area contributed by atoms with Gasteiger partial charge in [-0.15, -0.1) is 0 Å². The zero-order chi connectivity index (χ0) is 14.5. The average molecular weight is 278 g/mol. The molecule has 6 nitrogen and oxygen atoms in total. The van der Waals surface area contributed by atoms with Crippen LogP contribution in [-0.4, -0.2) is 33.6 Å². The molecular formula is C14H14O6. The molecule has 2 rings (SSSR count). The Morgan fingerprint density at radius 1 is 0.550 bits per heavy atom. The van der Waals surface area contributed by atoms with Gasteiger partial charge in [0.2, 0.25) is 0 Å². The van der Waals surface area contributed by atoms with Crippen molar-refractivity contribution in [3.8, 4) is 34.5 Å². The highest BCUT2D eigenvalue weighted by molar-refractivity contribution is 5.41. The van der Waals surface area contributed by atoms with Crippen molar-refractivity contribution in [3.63, 3.8) is 0 Å². The van der Waals surface area contributed by atoms with Gasteiger partial charge >= 0.3 is 0 Å². The van der Waals surface area contributed by atoms with Gasteiger partial charge in [0.15, 0.2) is 0 Å². The Labute approximate surface area is 115 Å². The van der Waals surface area contributed by atoms with Gasteiger partial charge in [-0.05, 0) is 0 Å². The SMILES string of the molecule is Oc1cc(O)cc(OCCOc2cc(O)cc(O)c2)c1. The molecule has 0 spiro atoms. The second kappa shape index (κ2) is 5.92. The largest absolute Gasteiger partial charge is 0.508 e. The van der Waals surface area contributed by atoms with Crippen LogP contribution in [0.4, 0.5) is 0 Å². The standard InChI is InChI=1S/C14H14O6/c15-9-3-10(16)6-13(5-9)19-1-2-20-14-7-11(17)4-12(18)8-14/h3-8,15-18H,1-2H2. The third-order valence-electron chi connectivity index (χ3n) is 2.37. The molecule has 2 aromatic rings. The highest BCUT2D eigenvalue weighted by Gasteiger charge is 2.02. The van der Waals surface area contributed by atoms with E-state index in [0.717, 1.165) is 0 Å². The summed E-state index contributed by atoms with van der Waals surface area (Å²) in [5, 5.41) is 37.1. The molecule has 6 heteroatoms. The molecule has 20 heavy (non-hydrogen) atoms. The first-order valence-electron chi connectivity index (χ1n) is 5.84. The first-order valence-corrected chi connectivity index (χ1v) is 5.84. The van der Waals surface area contributed by atoms with Crippen molar-refractivity contribution in [3.05, 3.63) is 36.4 Å². The fourth-order valence-electron chi connectivity index (χ4n) is 1.62. The van der Waals surface area contributed by atoms with E-state index in [9.17, 15) is 20.4 Å². The van der Waals surface area contributed by atoms with E-state index in [1.807, 2.05) is 0 Å². The van der Waals surface area contributed by atoms with Crippen LogP contribution in [0.25, 0.3) is 0 Å². The van der Waals surface area contributed by atoms with Crippen molar-refractivity contribution in [1.82, 2.24) is 0 Å².